The Morgan fingerprint density at radius 1 is 1.23 bits per heavy atom. The fourth-order valence-electron chi connectivity index (χ4n) is 2.88. The quantitative estimate of drug-likeness (QED) is 0.945. The van der Waals surface area contributed by atoms with E-state index in [1.807, 2.05) is 32.0 Å². The average molecular weight is 295 g/mol. The van der Waals surface area contributed by atoms with Gasteiger partial charge in [0.2, 0.25) is 0 Å². The van der Waals surface area contributed by atoms with Crippen LogP contribution in [0.2, 0.25) is 0 Å². The third-order valence-electron chi connectivity index (χ3n) is 3.82. The van der Waals surface area contributed by atoms with Crippen LogP contribution in [0, 0.1) is 0 Å². The maximum atomic E-state index is 12.5. The molecule has 4 heteroatoms. The second-order valence-corrected chi connectivity index (χ2v) is 5.89. The first-order chi connectivity index (χ1) is 10.7. The minimum absolute atomic E-state index is 0.0684. The minimum Gasteiger partial charge on any atom is -0.350 e. The van der Waals surface area contributed by atoms with Gasteiger partial charge in [0.1, 0.15) is 5.82 Å². The number of hydrogen-bond donors (Lipinski definition) is 1. The zero-order chi connectivity index (χ0) is 15.5. The number of aryl methyl sites for hydroxylation is 1. The molecule has 0 saturated carbocycles. The van der Waals surface area contributed by atoms with Gasteiger partial charge in [-0.3, -0.25) is 4.79 Å². The Morgan fingerprint density at radius 2 is 2.05 bits per heavy atom. The highest BCUT2D eigenvalue weighted by molar-refractivity contribution is 5.99. The van der Waals surface area contributed by atoms with Crippen molar-refractivity contribution in [1.29, 1.82) is 0 Å². The molecular weight excluding hydrogens is 274 g/mol. The van der Waals surface area contributed by atoms with Gasteiger partial charge in [-0.2, -0.15) is 0 Å². The standard InChI is InChI=1S/C18H21N3O/c1-13(2)20-18(22)15-9-5-11-19-17(15)21-12-6-8-14-7-3-4-10-16(14)21/h3-5,7,9-11,13H,6,8,12H2,1-2H3,(H,20,22). The van der Waals surface area contributed by atoms with Crippen molar-refractivity contribution in [3.63, 3.8) is 0 Å². The number of anilines is 2. The summed E-state index contributed by atoms with van der Waals surface area (Å²) in [5.74, 6) is 0.675. The summed E-state index contributed by atoms with van der Waals surface area (Å²) in [6.07, 6.45) is 3.89. The van der Waals surface area contributed by atoms with E-state index in [0.717, 1.165) is 30.9 Å². The Kier molecular flexibility index (Phi) is 4.09. The first-order valence-corrected chi connectivity index (χ1v) is 7.78. The van der Waals surface area contributed by atoms with Gasteiger partial charge >= 0.3 is 0 Å². The summed E-state index contributed by atoms with van der Waals surface area (Å²) in [7, 11) is 0. The lowest BCUT2D eigenvalue weighted by Crippen LogP contribution is -2.33. The van der Waals surface area contributed by atoms with Crippen LogP contribution < -0.4 is 10.2 Å². The zero-order valence-electron chi connectivity index (χ0n) is 13.0. The molecule has 0 radical (unpaired) electrons. The van der Waals surface area contributed by atoms with Gasteiger partial charge in [-0.15, -0.1) is 0 Å². The molecule has 22 heavy (non-hydrogen) atoms. The number of aromatic nitrogens is 1. The molecule has 1 aliphatic heterocycles. The van der Waals surface area contributed by atoms with E-state index in [1.165, 1.54) is 5.56 Å². The highest BCUT2D eigenvalue weighted by Gasteiger charge is 2.23. The second kappa shape index (κ2) is 6.18. The summed E-state index contributed by atoms with van der Waals surface area (Å²) in [6.45, 7) is 4.81. The van der Waals surface area contributed by atoms with E-state index >= 15 is 0 Å². The number of nitrogens with zero attached hydrogens (tertiary/aromatic N) is 2. The maximum absolute atomic E-state index is 12.5. The smallest absolute Gasteiger partial charge is 0.255 e. The number of fused-ring (bicyclic) bond motifs is 1. The van der Waals surface area contributed by atoms with Crippen LogP contribution in [0.5, 0.6) is 0 Å². The van der Waals surface area contributed by atoms with Crippen molar-refractivity contribution < 1.29 is 4.79 Å². The molecule has 2 heterocycles. The van der Waals surface area contributed by atoms with Gasteiger partial charge < -0.3 is 10.2 Å². The predicted molar refractivity (Wildman–Crippen MR) is 88.6 cm³/mol. The molecule has 4 nitrogen and oxygen atoms in total. The normalized spacial score (nSPS) is 13.9. The van der Waals surface area contributed by atoms with Gasteiger partial charge in [0.15, 0.2) is 0 Å². The monoisotopic (exact) mass is 295 g/mol. The first kappa shape index (κ1) is 14.6. The molecule has 2 aromatic rings. The number of pyridine rings is 1. The minimum atomic E-state index is -0.0684. The molecule has 0 saturated heterocycles. The molecule has 114 valence electrons. The molecule has 1 amide bonds. The Hall–Kier alpha value is -2.36. The van der Waals surface area contributed by atoms with Gasteiger partial charge in [0.25, 0.3) is 5.91 Å². The van der Waals surface area contributed by atoms with E-state index in [0.29, 0.717) is 5.56 Å². The highest BCUT2D eigenvalue weighted by Crippen LogP contribution is 2.33. The van der Waals surface area contributed by atoms with Crippen LogP contribution in [0.3, 0.4) is 0 Å². The predicted octanol–water partition coefficient (Wildman–Crippen LogP) is 3.30. The second-order valence-electron chi connectivity index (χ2n) is 5.89. The Bertz CT molecular complexity index is 682. The van der Waals surface area contributed by atoms with Crippen LogP contribution in [0.25, 0.3) is 0 Å². The molecule has 0 spiro atoms. The van der Waals surface area contributed by atoms with Crippen molar-refractivity contribution >= 4 is 17.4 Å². The molecule has 1 N–H and O–H groups in total. The highest BCUT2D eigenvalue weighted by atomic mass is 16.1. The van der Waals surface area contributed by atoms with Crippen LogP contribution in [-0.4, -0.2) is 23.5 Å². The van der Waals surface area contributed by atoms with Gasteiger partial charge in [-0.25, -0.2) is 4.98 Å². The lowest BCUT2D eigenvalue weighted by Gasteiger charge is -2.31. The van der Waals surface area contributed by atoms with Gasteiger partial charge in [0, 0.05) is 24.5 Å². The summed E-state index contributed by atoms with van der Waals surface area (Å²) in [6, 6.07) is 12.1. The fourth-order valence-corrected chi connectivity index (χ4v) is 2.88. The summed E-state index contributed by atoms with van der Waals surface area (Å²) in [5.41, 5.74) is 3.11. The van der Waals surface area contributed by atoms with Gasteiger partial charge in [-0.05, 0) is 50.5 Å². The van der Waals surface area contributed by atoms with Gasteiger partial charge in [-0.1, -0.05) is 18.2 Å². The third kappa shape index (κ3) is 2.82. The number of nitrogens with one attached hydrogen (secondary N) is 1. The number of carbonyl (C=O) groups excluding carboxylic acids is 1. The lowest BCUT2D eigenvalue weighted by atomic mass is 10.0. The van der Waals surface area contributed by atoms with Crippen molar-refractivity contribution in [2.24, 2.45) is 0 Å². The molecule has 0 fully saturated rings. The average Bonchev–Trinajstić information content (AvgIpc) is 2.53. The Labute approximate surface area is 131 Å². The molecule has 3 rings (SSSR count). The van der Waals surface area contributed by atoms with Crippen LogP contribution >= 0.6 is 0 Å². The number of rotatable bonds is 3. The molecule has 0 bridgehead atoms. The number of para-hydroxylation sites is 1. The number of hydrogen-bond acceptors (Lipinski definition) is 3. The molecule has 0 atom stereocenters. The molecule has 1 aliphatic rings. The van der Waals surface area contributed by atoms with Crippen molar-refractivity contribution in [2.45, 2.75) is 32.7 Å². The van der Waals surface area contributed by atoms with E-state index in [2.05, 4.69) is 33.4 Å². The van der Waals surface area contributed by atoms with Crippen LogP contribution in [-0.2, 0) is 6.42 Å². The summed E-state index contributed by atoms with van der Waals surface area (Å²) in [4.78, 5) is 19.1. The maximum Gasteiger partial charge on any atom is 0.255 e. The third-order valence-corrected chi connectivity index (χ3v) is 3.82. The van der Waals surface area contributed by atoms with Crippen LogP contribution in [0.15, 0.2) is 42.6 Å². The molecule has 0 aliphatic carbocycles. The summed E-state index contributed by atoms with van der Waals surface area (Å²) < 4.78 is 0. The van der Waals surface area contributed by atoms with Gasteiger partial charge in [0.05, 0.1) is 5.56 Å². The summed E-state index contributed by atoms with van der Waals surface area (Å²) >= 11 is 0. The number of carbonyl (C=O) groups is 1. The lowest BCUT2D eigenvalue weighted by molar-refractivity contribution is 0.0943. The fraction of sp³-hybridized carbons (Fsp3) is 0.333. The zero-order valence-corrected chi connectivity index (χ0v) is 13.0. The van der Waals surface area contributed by atoms with Crippen molar-refractivity contribution in [3.05, 3.63) is 53.7 Å². The van der Waals surface area contributed by atoms with Crippen LogP contribution in [0.1, 0.15) is 36.2 Å². The molecule has 1 aromatic heterocycles. The Balaban J connectivity index is 2.01. The van der Waals surface area contributed by atoms with E-state index < -0.39 is 0 Å². The topological polar surface area (TPSA) is 45.2 Å². The van der Waals surface area contributed by atoms with E-state index in [1.54, 1.807) is 6.20 Å². The van der Waals surface area contributed by atoms with E-state index in [-0.39, 0.29) is 11.9 Å². The summed E-state index contributed by atoms with van der Waals surface area (Å²) in [5, 5.41) is 2.96. The van der Waals surface area contributed by atoms with Crippen molar-refractivity contribution in [3.8, 4) is 0 Å². The van der Waals surface area contributed by atoms with E-state index in [4.69, 9.17) is 0 Å². The number of benzene rings is 1. The molecule has 0 unspecified atom stereocenters. The van der Waals surface area contributed by atoms with Crippen LogP contribution in [0.4, 0.5) is 11.5 Å². The van der Waals surface area contributed by atoms with Crippen molar-refractivity contribution in [2.75, 3.05) is 11.4 Å². The largest absolute Gasteiger partial charge is 0.350 e. The van der Waals surface area contributed by atoms with Crippen molar-refractivity contribution in [1.82, 2.24) is 10.3 Å². The molecular formula is C18H21N3O. The SMILES string of the molecule is CC(C)NC(=O)c1cccnc1N1CCCc2ccccc21. The number of amides is 1. The van der Waals surface area contributed by atoms with E-state index in [9.17, 15) is 4.79 Å². The Morgan fingerprint density at radius 3 is 2.86 bits per heavy atom. The first-order valence-electron chi connectivity index (χ1n) is 7.78. The molecule has 1 aromatic carbocycles.